The normalized spacial score (nSPS) is 12.3. The van der Waals surface area contributed by atoms with Crippen LogP contribution in [0.25, 0.3) is 0 Å². The monoisotopic (exact) mass is 418 g/mol. The second-order valence-electron chi connectivity index (χ2n) is 6.57. The molecule has 1 unspecified atom stereocenters. The van der Waals surface area contributed by atoms with Gasteiger partial charge in [0.1, 0.15) is 17.6 Å². The Kier molecular flexibility index (Phi) is 6.29. The van der Waals surface area contributed by atoms with Gasteiger partial charge in [0.2, 0.25) is 5.91 Å². The molecule has 1 amide bonds. The maximum atomic E-state index is 12.9. The van der Waals surface area contributed by atoms with Gasteiger partial charge in [-0.15, -0.1) is 0 Å². The molecule has 0 saturated heterocycles. The van der Waals surface area contributed by atoms with Gasteiger partial charge in [0, 0.05) is 30.7 Å². The number of aromatic nitrogens is 2. The summed E-state index contributed by atoms with van der Waals surface area (Å²) in [5.41, 5.74) is 0.125. The fraction of sp³-hybridized carbons (Fsp3) is 0.238. The molecule has 0 aliphatic rings. The summed E-state index contributed by atoms with van der Waals surface area (Å²) in [6.07, 6.45) is -1.08. The van der Waals surface area contributed by atoms with Gasteiger partial charge in [-0.25, -0.2) is 4.98 Å². The number of imidazole rings is 1. The average Bonchev–Trinajstić information content (AvgIpc) is 3.15. The summed E-state index contributed by atoms with van der Waals surface area (Å²) in [7, 11) is 3.34. The van der Waals surface area contributed by atoms with E-state index in [-0.39, 0.29) is 12.2 Å². The summed E-state index contributed by atoms with van der Waals surface area (Å²) in [5.74, 6) is 0.759. The molecule has 2 aromatic carbocycles. The predicted octanol–water partition coefficient (Wildman–Crippen LogP) is 3.77. The average molecular weight is 418 g/mol. The van der Waals surface area contributed by atoms with E-state index >= 15 is 0 Å². The molecule has 1 aromatic heterocycles. The van der Waals surface area contributed by atoms with Gasteiger partial charge in [0.15, 0.2) is 0 Å². The Morgan fingerprint density at radius 2 is 1.97 bits per heavy atom. The van der Waals surface area contributed by atoms with Crippen molar-refractivity contribution in [3.8, 4) is 5.75 Å². The highest BCUT2D eigenvalue weighted by molar-refractivity contribution is 5.81. The SMILES string of the molecule is COc1ccccc1C(NC(=O)CNc1cccc(C(F)(F)F)c1)c1nccn1C. The van der Waals surface area contributed by atoms with Crippen molar-refractivity contribution < 1.29 is 22.7 Å². The minimum absolute atomic E-state index is 0.200. The number of aryl methyl sites for hydroxylation is 1. The zero-order chi connectivity index (χ0) is 21.7. The lowest BCUT2D eigenvalue weighted by Crippen LogP contribution is -2.35. The molecule has 30 heavy (non-hydrogen) atoms. The first-order valence-corrected chi connectivity index (χ1v) is 9.10. The van der Waals surface area contributed by atoms with Crippen molar-refractivity contribution in [2.75, 3.05) is 19.0 Å². The Morgan fingerprint density at radius 3 is 2.63 bits per heavy atom. The van der Waals surface area contributed by atoms with E-state index in [4.69, 9.17) is 4.74 Å². The van der Waals surface area contributed by atoms with Gasteiger partial charge >= 0.3 is 6.18 Å². The van der Waals surface area contributed by atoms with E-state index in [0.29, 0.717) is 17.1 Å². The number of alkyl halides is 3. The minimum Gasteiger partial charge on any atom is -0.496 e. The van der Waals surface area contributed by atoms with Crippen LogP contribution in [0.1, 0.15) is 23.0 Å². The molecule has 9 heteroatoms. The number of anilines is 1. The zero-order valence-electron chi connectivity index (χ0n) is 16.4. The van der Waals surface area contributed by atoms with Crippen molar-refractivity contribution in [1.82, 2.24) is 14.9 Å². The molecular formula is C21H21F3N4O2. The number of hydrogen-bond donors (Lipinski definition) is 2. The number of amides is 1. The number of nitrogens with one attached hydrogen (secondary N) is 2. The van der Waals surface area contributed by atoms with Crippen molar-refractivity contribution in [3.05, 3.63) is 77.9 Å². The summed E-state index contributed by atoms with van der Waals surface area (Å²) in [6, 6.07) is 11.3. The van der Waals surface area contributed by atoms with Crippen LogP contribution < -0.4 is 15.4 Å². The third-order valence-electron chi connectivity index (χ3n) is 4.51. The van der Waals surface area contributed by atoms with E-state index in [1.807, 2.05) is 18.2 Å². The molecule has 0 aliphatic carbocycles. The van der Waals surface area contributed by atoms with E-state index in [1.54, 1.807) is 30.1 Å². The van der Waals surface area contributed by atoms with Crippen LogP contribution >= 0.6 is 0 Å². The van der Waals surface area contributed by atoms with Gasteiger partial charge in [0.05, 0.1) is 19.2 Å². The van der Waals surface area contributed by atoms with Crippen molar-refractivity contribution in [1.29, 1.82) is 0 Å². The van der Waals surface area contributed by atoms with Gasteiger partial charge in [-0.05, 0) is 24.3 Å². The molecule has 6 nitrogen and oxygen atoms in total. The van der Waals surface area contributed by atoms with Crippen molar-refractivity contribution in [2.45, 2.75) is 12.2 Å². The standard InChI is InChI=1S/C21H21F3N4O2/c1-28-11-10-25-20(28)19(16-8-3-4-9-17(16)30-2)27-18(29)13-26-15-7-5-6-14(12-15)21(22,23)24/h3-12,19,26H,13H2,1-2H3,(H,27,29). The highest BCUT2D eigenvalue weighted by Gasteiger charge is 2.30. The molecule has 3 aromatic rings. The lowest BCUT2D eigenvalue weighted by molar-refractivity contribution is -0.137. The first-order chi connectivity index (χ1) is 14.3. The molecule has 158 valence electrons. The predicted molar refractivity (Wildman–Crippen MR) is 106 cm³/mol. The van der Waals surface area contributed by atoms with Gasteiger partial charge in [0.25, 0.3) is 0 Å². The highest BCUT2D eigenvalue weighted by atomic mass is 19.4. The summed E-state index contributed by atoms with van der Waals surface area (Å²) in [5, 5.41) is 5.61. The number of para-hydroxylation sites is 1. The van der Waals surface area contributed by atoms with Crippen LogP contribution in [0.3, 0.4) is 0 Å². The number of benzene rings is 2. The molecular weight excluding hydrogens is 397 g/mol. The number of methoxy groups -OCH3 is 1. The quantitative estimate of drug-likeness (QED) is 0.613. The smallest absolute Gasteiger partial charge is 0.416 e. The van der Waals surface area contributed by atoms with E-state index in [0.717, 1.165) is 12.1 Å². The second kappa shape index (κ2) is 8.89. The summed E-state index contributed by atoms with van der Waals surface area (Å²) in [4.78, 5) is 16.9. The molecule has 0 fully saturated rings. The first kappa shape index (κ1) is 21.2. The Balaban J connectivity index is 1.77. The van der Waals surface area contributed by atoms with Gasteiger partial charge in [-0.1, -0.05) is 24.3 Å². The zero-order valence-corrected chi connectivity index (χ0v) is 16.4. The van der Waals surface area contributed by atoms with E-state index in [1.165, 1.54) is 19.2 Å². The highest BCUT2D eigenvalue weighted by Crippen LogP contribution is 2.31. The summed E-state index contributed by atoms with van der Waals surface area (Å²) < 4.78 is 45.8. The second-order valence-corrected chi connectivity index (χ2v) is 6.57. The third-order valence-corrected chi connectivity index (χ3v) is 4.51. The van der Waals surface area contributed by atoms with Crippen LogP contribution in [0.2, 0.25) is 0 Å². The fourth-order valence-corrected chi connectivity index (χ4v) is 3.04. The van der Waals surface area contributed by atoms with Crippen molar-refractivity contribution in [3.63, 3.8) is 0 Å². The molecule has 1 atom stereocenters. The number of halogens is 3. The Labute approximate surface area is 171 Å². The molecule has 0 spiro atoms. The van der Waals surface area contributed by atoms with Gasteiger partial charge in [-0.3, -0.25) is 4.79 Å². The number of carbonyl (C=O) groups is 1. The van der Waals surface area contributed by atoms with Crippen molar-refractivity contribution in [2.24, 2.45) is 7.05 Å². The van der Waals surface area contributed by atoms with Crippen LogP contribution in [0, 0.1) is 0 Å². The maximum Gasteiger partial charge on any atom is 0.416 e. The Morgan fingerprint density at radius 1 is 1.20 bits per heavy atom. The van der Waals surface area contributed by atoms with Gasteiger partial charge < -0.3 is 19.9 Å². The van der Waals surface area contributed by atoms with Crippen LogP contribution in [0.5, 0.6) is 5.75 Å². The van der Waals surface area contributed by atoms with Crippen LogP contribution in [0.4, 0.5) is 18.9 Å². The fourth-order valence-electron chi connectivity index (χ4n) is 3.04. The molecule has 3 rings (SSSR count). The lowest BCUT2D eigenvalue weighted by atomic mass is 10.0. The van der Waals surface area contributed by atoms with Crippen LogP contribution in [0.15, 0.2) is 60.9 Å². The summed E-state index contributed by atoms with van der Waals surface area (Å²) >= 11 is 0. The molecule has 0 radical (unpaired) electrons. The first-order valence-electron chi connectivity index (χ1n) is 9.10. The number of carbonyl (C=O) groups excluding carboxylic acids is 1. The number of ether oxygens (including phenoxy) is 1. The Bertz CT molecular complexity index is 1020. The van der Waals surface area contributed by atoms with E-state index in [9.17, 15) is 18.0 Å². The maximum absolute atomic E-state index is 12.9. The molecule has 0 saturated carbocycles. The number of nitrogens with zero attached hydrogens (tertiary/aromatic N) is 2. The van der Waals surface area contributed by atoms with Crippen LogP contribution in [-0.4, -0.2) is 29.1 Å². The van der Waals surface area contributed by atoms with E-state index in [2.05, 4.69) is 15.6 Å². The molecule has 1 heterocycles. The lowest BCUT2D eigenvalue weighted by Gasteiger charge is -2.21. The largest absolute Gasteiger partial charge is 0.496 e. The third kappa shape index (κ3) is 4.91. The van der Waals surface area contributed by atoms with Crippen molar-refractivity contribution >= 4 is 11.6 Å². The molecule has 2 N–H and O–H groups in total. The summed E-state index contributed by atoms with van der Waals surface area (Å²) in [6.45, 7) is -0.211. The molecule has 0 aliphatic heterocycles. The molecule has 0 bridgehead atoms. The van der Waals surface area contributed by atoms with Gasteiger partial charge in [-0.2, -0.15) is 13.2 Å². The van der Waals surface area contributed by atoms with Crippen LogP contribution in [-0.2, 0) is 18.0 Å². The Hall–Kier alpha value is -3.49. The number of hydrogen-bond acceptors (Lipinski definition) is 4. The topological polar surface area (TPSA) is 68.2 Å². The number of rotatable bonds is 7. The van der Waals surface area contributed by atoms with E-state index < -0.39 is 23.7 Å². The minimum atomic E-state index is -4.45.